The molecular formula is C26H19F3O4. The molecule has 0 bridgehead atoms. The second-order valence-electron chi connectivity index (χ2n) is 7.24. The first-order valence-corrected chi connectivity index (χ1v) is 9.91. The Morgan fingerprint density at radius 1 is 0.667 bits per heavy atom. The molecule has 0 radical (unpaired) electrons. The van der Waals surface area contributed by atoms with E-state index in [9.17, 15) is 23.4 Å². The van der Waals surface area contributed by atoms with Crippen LogP contribution in [0.2, 0.25) is 0 Å². The minimum Gasteiger partial charge on any atom is -0.508 e. The molecule has 168 valence electrons. The van der Waals surface area contributed by atoms with Crippen LogP contribution in [-0.2, 0) is 0 Å². The van der Waals surface area contributed by atoms with Crippen LogP contribution in [-0.4, -0.2) is 23.7 Å². The molecule has 2 N–H and O–H groups in total. The van der Waals surface area contributed by atoms with Crippen LogP contribution in [0.5, 0.6) is 23.0 Å². The fourth-order valence-corrected chi connectivity index (χ4v) is 3.70. The molecule has 4 aromatic rings. The summed E-state index contributed by atoms with van der Waals surface area (Å²) in [7, 11) is 1.54. The van der Waals surface area contributed by atoms with Gasteiger partial charge >= 0.3 is 6.36 Å². The first-order valence-electron chi connectivity index (χ1n) is 9.91. The minimum atomic E-state index is -4.79. The summed E-state index contributed by atoms with van der Waals surface area (Å²) in [6, 6.07) is 22.4. The number of phenolic OH excluding ortho intramolecular Hbond substituents is 2. The highest BCUT2D eigenvalue weighted by atomic mass is 19.4. The summed E-state index contributed by atoms with van der Waals surface area (Å²) in [6.45, 7) is 0. The molecule has 4 aromatic carbocycles. The number of hydrogen-bond donors (Lipinski definition) is 2. The Labute approximate surface area is 188 Å². The Bertz CT molecular complexity index is 1280. The van der Waals surface area contributed by atoms with Crippen molar-refractivity contribution in [3.05, 3.63) is 84.9 Å². The summed E-state index contributed by atoms with van der Waals surface area (Å²) in [5.74, 6) is 0.291. The van der Waals surface area contributed by atoms with Crippen molar-refractivity contribution in [2.75, 3.05) is 7.11 Å². The zero-order valence-corrected chi connectivity index (χ0v) is 17.4. The molecule has 0 aliphatic carbocycles. The van der Waals surface area contributed by atoms with Crippen LogP contribution in [0.4, 0.5) is 13.2 Å². The molecule has 4 rings (SSSR count). The normalized spacial score (nSPS) is 11.3. The van der Waals surface area contributed by atoms with Gasteiger partial charge in [0.15, 0.2) is 0 Å². The third kappa shape index (κ3) is 4.87. The van der Waals surface area contributed by atoms with Crippen LogP contribution < -0.4 is 9.47 Å². The molecule has 0 aliphatic rings. The molecule has 7 heteroatoms. The van der Waals surface area contributed by atoms with Crippen molar-refractivity contribution in [2.24, 2.45) is 0 Å². The van der Waals surface area contributed by atoms with Crippen LogP contribution in [0.25, 0.3) is 33.4 Å². The summed E-state index contributed by atoms with van der Waals surface area (Å²) >= 11 is 0. The van der Waals surface area contributed by atoms with Crippen molar-refractivity contribution >= 4 is 0 Å². The SMILES string of the molecule is COc1cccc(-c2c(O)ccc(-c3ccc(OC(F)(F)F)cc3)c2-c2cccc(O)c2)c1. The summed E-state index contributed by atoms with van der Waals surface area (Å²) < 4.78 is 46.9. The zero-order chi connectivity index (χ0) is 23.6. The lowest BCUT2D eigenvalue weighted by molar-refractivity contribution is -0.274. The lowest BCUT2D eigenvalue weighted by Gasteiger charge is -2.18. The van der Waals surface area contributed by atoms with Gasteiger partial charge in [0.05, 0.1) is 7.11 Å². The second kappa shape index (κ2) is 8.78. The Balaban J connectivity index is 1.94. The summed E-state index contributed by atoms with van der Waals surface area (Å²) in [5, 5.41) is 20.9. The van der Waals surface area contributed by atoms with Gasteiger partial charge in [-0.05, 0) is 64.7 Å². The number of alkyl halides is 3. The monoisotopic (exact) mass is 452 g/mol. The summed E-state index contributed by atoms with van der Waals surface area (Å²) in [5.41, 5.74) is 3.64. The lowest BCUT2D eigenvalue weighted by atomic mass is 9.87. The fraction of sp³-hybridized carbons (Fsp3) is 0.0769. The second-order valence-corrected chi connectivity index (χ2v) is 7.24. The maximum atomic E-state index is 12.6. The highest BCUT2D eigenvalue weighted by molar-refractivity contribution is 5.97. The highest BCUT2D eigenvalue weighted by Gasteiger charge is 2.31. The van der Waals surface area contributed by atoms with Gasteiger partial charge in [0.2, 0.25) is 0 Å². The van der Waals surface area contributed by atoms with E-state index in [1.54, 1.807) is 42.5 Å². The van der Waals surface area contributed by atoms with Gasteiger partial charge in [-0.15, -0.1) is 13.2 Å². The van der Waals surface area contributed by atoms with Gasteiger partial charge in [-0.3, -0.25) is 0 Å². The number of phenols is 2. The summed E-state index contributed by atoms with van der Waals surface area (Å²) in [4.78, 5) is 0. The Morgan fingerprint density at radius 2 is 1.33 bits per heavy atom. The zero-order valence-electron chi connectivity index (χ0n) is 17.4. The first-order chi connectivity index (χ1) is 15.7. The Morgan fingerprint density at radius 3 is 1.97 bits per heavy atom. The summed E-state index contributed by atoms with van der Waals surface area (Å²) in [6.07, 6.45) is -4.79. The van der Waals surface area contributed by atoms with Gasteiger partial charge < -0.3 is 19.7 Å². The van der Waals surface area contributed by atoms with Crippen molar-refractivity contribution in [1.82, 2.24) is 0 Å². The largest absolute Gasteiger partial charge is 0.573 e. The molecule has 0 heterocycles. The lowest BCUT2D eigenvalue weighted by Crippen LogP contribution is -2.16. The average Bonchev–Trinajstić information content (AvgIpc) is 2.78. The van der Waals surface area contributed by atoms with E-state index in [1.165, 1.54) is 43.5 Å². The van der Waals surface area contributed by atoms with Gasteiger partial charge in [0.25, 0.3) is 0 Å². The van der Waals surface area contributed by atoms with Crippen molar-refractivity contribution in [3.63, 3.8) is 0 Å². The van der Waals surface area contributed by atoms with Crippen LogP contribution in [0.1, 0.15) is 0 Å². The fourth-order valence-electron chi connectivity index (χ4n) is 3.70. The predicted octanol–water partition coefficient (Wildman–Crippen LogP) is 7.01. The number of ether oxygens (including phenoxy) is 2. The van der Waals surface area contributed by atoms with Crippen molar-refractivity contribution in [2.45, 2.75) is 6.36 Å². The molecule has 0 saturated carbocycles. The molecule has 0 amide bonds. The van der Waals surface area contributed by atoms with Gasteiger partial charge in [-0.1, -0.05) is 42.5 Å². The Hall–Kier alpha value is -4.13. The molecule has 0 unspecified atom stereocenters. The number of hydrogen-bond acceptors (Lipinski definition) is 4. The maximum absolute atomic E-state index is 12.6. The smallest absolute Gasteiger partial charge is 0.508 e. The molecule has 0 aliphatic heterocycles. The van der Waals surface area contributed by atoms with Gasteiger partial charge in [-0.2, -0.15) is 0 Å². The van der Waals surface area contributed by atoms with Crippen LogP contribution in [0, 0.1) is 0 Å². The third-order valence-electron chi connectivity index (χ3n) is 5.08. The topological polar surface area (TPSA) is 58.9 Å². The average molecular weight is 452 g/mol. The van der Waals surface area contributed by atoms with Gasteiger partial charge in [0.1, 0.15) is 23.0 Å². The maximum Gasteiger partial charge on any atom is 0.573 e. The number of benzene rings is 4. The van der Waals surface area contributed by atoms with E-state index in [2.05, 4.69) is 4.74 Å². The van der Waals surface area contributed by atoms with Gasteiger partial charge in [0, 0.05) is 11.1 Å². The van der Waals surface area contributed by atoms with Crippen molar-refractivity contribution in [1.29, 1.82) is 0 Å². The number of halogens is 3. The first kappa shape index (κ1) is 22.1. The third-order valence-corrected chi connectivity index (χ3v) is 5.08. The van der Waals surface area contributed by atoms with E-state index in [0.717, 1.165) is 0 Å². The standard InChI is InChI=1S/C26H19F3O4/c1-32-21-7-3-5-18(15-21)25-23(31)13-12-22(24(25)17-4-2-6-19(30)14-17)16-8-10-20(11-9-16)33-26(27,28)29/h2-15,30-31H,1H3. The van der Waals surface area contributed by atoms with E-state index in [0.29, 0.717) is 39.1 Å². The number of rotatable bonds is 5. The molecule has 0 atom stereocenters. The van der Waals surface area contributed by atoms with Crippen LogP contribution in [0.3, 0.4) is 0 Å². The van der Waals surface area contributed by atoms with Crippen LogP contribution in [0.15, 0.2) is 84.9 Å². The van der Waals surface area contributed by atoms with E-state index in [1.807, 2.05) is 6.07 Å². The molecule has 0 saturated heterocycles. The predicted molar refractivity (Wildman–Crippen MR) is 119 cm³/mol. The minimum absolute atomic E-state index is 0.00220. The van der Waals surface area contributed by atoms with E-state index in [4.69, 9.17) is 4.74 Å². The van der Waals surface area contributed by atoms with Crippen molar-refractivity contribution < 1.29 is 32.9 Å². The van der Waals surface area contributed by atoms with E-state index in [-0.39, 0.29) is 17.2 Å². The Kier molecular flexibility index (Phi) is 5.87. The molecular weight excluding hydrogens is 433 g/mol. The molecule has 4 nitrogen and oxygen atoms in total. The molecule has 0 spiro atoms. The van der Waals surface area contributed by atoms with Gasteiger partial charge in [-0.25, -0.2) is 0 Å². The molecule has 0 aromatic heterocycles. The quantitative estimate of drug-likeness (QED) is 0.342. The van der Waals surface area contributed by atoms with E-state index >= 15 is 0 Å². The molecule has 33 heavy (non-hydrogen) atoms. The van der Waals surface area contributed by atoms with Crippen LogP contribution >= 0.6 is 0 Å². The molecule has 0 fully saturated rings. The van der Waals surface area contributed by atoms with E-state index < -0.39 is 6.36 Å². The number of methoxy groups -OCH3 is 1. The highest BCUT2D eigenvalue weighted by Crippen LogP contribution is 2.46. The number of aromatic hydroxyl groups is 2. The van der Waals surface area contributed by atoms with Crippen molar-refractivity contribution in [3.8, 4) is 56.4 Å².